The Morgan fingerprint density at radius 2 is 1.78 bits per heavy atom. The van der Waals surface area contributed by atoms with Gasteiger partial charge in [-0.25, -0.2) is 0 Å². The summed E-state index contributed by atoms with van der Waals surface area (Å²) in [6, 6.07) is 9.27. The Bertz CT molecular complexity index is 447. The summed E-state index contributed by atoms with van der Waals surface area (Å²) >= 11 is 0. The van der Waals surface area contributed by atoms with Crippen molar-refractivity contribution in [2.45, 2.75) is 56.4 Å². The molecule has 0 unspecified atom stereocenters. The van der Waals surface area contributed by atoms with E-state index in [1.807, 2.05) is 0 Å². The zero-order valence-electron chi connectivity index (χ0n) is 11.2. The third-order valence-electron chi connectivity index (χ3n) is 5.60. The molecule has 1 saturated carbocycles. The topological polar surface area (TPSA) is 3.24 Å². The molecule has 3 aliphatic rings. The van der Waals surface area contributed by atoms with Crippen LogP contribution in [-0.4, -0.2) is 18.0 Å². The molecule has 0 spiro atoms. The van der Waals surface area contributed by atoms with E-state index in [4.69, 9.17) is 0 Å². The van der Waals surface area contributed by atoms with Gasteiger partial charge in [0.1, 0.15) is 0 Å². The minimum atomic E-state index is 0.454. The van der Waals surface area contributed by atoms with Crippen LogP contribution in [0, 0.1) is 0 Å². The van der Waals surface area contributed by atoms with Crippen molar-refractivity contribution in [3.05, 3.63) is 35.4 Å². The second-order valence-electron chi connectivity index (χ2n) is 6.36. The minimum Gasteiger partial charge on any atom is -0.293 e. The Morgan fingerprint density at radius 3 is 2.67 bits per heavy atom. The van der Waals surface area contributed by atoms with Gasteiger partial charge in [0.05, 0.1) is 5.54 Å². The average Bonchev–Trinajstić information content (AvgIpc) is 2.45. The van der Waals surface area contributed by atoms with Crippen molar-refractivity contribution in [2.24, 2.45) is 0 Å². The van der Waals surface area contributed by atoms with Gasteiger partial charge in [-0.15, -0.1) is 0 Å². The first kappa shape index (κ1) is 11.0. The van der Waals surface area contributed by atoms with Crippen LogP contribution in [0.15, 0.2) is 24.3 Å². The molecule has 0 bridgehead atoms. The maximum Gasteiger partial charge on any atom is 0.0532 e. The highest BCUT2D eigenvalue weighted by atomic mass is 15.2. The van der Waals surface area contributed by atoms with Crippen molar-refractivity contribution in [1.82, 2.24) is 4.90 Å². The van der Waals surface area contributed by atoms with Crippen molar-refractivity contribution < 1.29 is 0 Å². The Balaban J connectivity index is 1.76. The standard InChI is InChI=1S/C17H23N/c1-6-12-18(13-7-1)17-11-5-4-10-16(17)14-8-2-3-9-15(14)17/h2-3,8-9,16H,1,4-7,10-13H2/t16-,17-/m1/s1. The highest BCUT2D eigenvalue weighted by molar-refractivity contribution is 5.50. The number of hydrogen-bond donors (Lipinski definition) is 0. The van der Waals surface area contributed by atoms with Crippen LogP contribution in [0.1, 0.15) is 62.0 Å². The lowest BCUT2D eigenvalue weighted by molar-refractivity contribution is -0.0128. The van der Waals surface area contributed by atoms with E-state index in [0.29, 0.717) is 5.54 Å². The molecule has 2 aliphatic carbocycles. The monoisotopic (exact) mass is 241 g/mol. The molecule has 1 aromatic rings. The zero-order chi connectivity index (χ0) is 12.0. The van der Waals surface area contributed by atoms with Crippen molar-refractivity contribution >= 4 is 0 Å². The Kier molecular flexibility index (Phi) is 2.51. The lowest BCUT2D eigenvalue weighted by atomic mass is 9.54. The predicted octanol–water partition coefficient (Wildman–Crippen LogP) is 4.04. The summed E-state index contributed by atoms with van der Waals surface area (Å²) in [5.74, 6) is 0.848. The number of nitrogens with zero attached hydrogens (tertiary/aromatic N) is 1. The second-order valence-corrected chi connectivity index (χ2v) is 6.36. The molecular weight excluding hydrogens is 218 g/mol. The average molecular weight is 241 g/mol. The first-order valence-corrected chi connectivity index (χ1v) is 7.77. The number of rotatable bonds is 1. The van der Waals surface area contributed by atoms with Gasteiger partial charge in [-0.3, -0.25) is 4.90 Å². The number of fused-ring (bicyclic) bond motifs is 4. The molecule has 0 aromatic heterocycles. The third-order valence-corrected chi connectivity index (χ3v) is 5.60. The van der Waals surface area contributed by atoms with E-state index in [-0.39, 0.29) is 0 Å². The van der Waals surface area contributed by atoms with Crippen molar-refractivity contribution in [3.8, 4) is 0 Å². The molecule has 18 heavy (non-hydrogen) atoms. The van der Waals surface area contributed by atoms with Gasteiger partial charge in [0.2, 0.25) is 0 Å². The Hall–Kier alpha value is -0.820. The maximum absolute atomic E-state index is 2.85. The smallest absolute Gasteiger partial charge is 0.0532 e. The van der Waals surface area contributed by atoms with Crippen LogP contribution in [0.4, 0.5) is 0 Å². The van der Waals surface area contributed by atoms with E-state index in [1.54, 1.807) is 11.1 Å². The molecule has 0 N–H and O–H groups in total. The van der Waals surface area contributed by atoms with Crippen LogP contribution in [0.2, 0.25) is 0 Å². The minimum absolute atomic E-state index is 0.454. The van der Waals surface area contributed by atoms with Gasteiger partial charge in [-0.05, 0) is 49.9 Å². The Labute approximate surface area is 110 Å². The van der Waals surface area contributed by atoms with Gasteiger partial charge in [-0.2, -0.15) is 0 Å². The molecule has 1 heteroatoms. The van der Waals surface area contributed by atoms with E-state index < -0.39 is 0 Å². The highest BCUT2D eigenvalue weighted by Gasteiger charge is 2.55. The van der Waals surface area contributed by atoms with Crippen molar-refractivity contribution in [1.29, 1.82) is 0 Å². The molecule has 1 aromatic carbocycles. The maximum atomic E-state index is 2.85. The molecule has 2 fully saturated rings. The van der Waals surface area contributed by atoms with Gasteiger partial charge < -0.3 is 0 Å². The molecule has 2 atom stereocenters. The summed E-state index contributed by atoms with van der Waals surface area (Å²) in [7, 11) is 0. The van der Waals surface area contributed by atoms with Crippen molar-refractivity contribution in [2.75, 3.05) is 13.1 Å². The van der Waals surface area contributed by atoms with Crippen LogP contribution in [0.25, 0.3) is 0 Å². The van der Waals surface area contributed by atoms with E-state index in [0.717, 1.165) is 5.92 Å². The van der Waals surface area contributed by atoms with E-state index >= 15 is 0 Å². The summed E-state index contributed by atoms with van der Waals surface area (Å²) in [5, 5.41) is 0. The fourth-order valence-electron chi connectivity index (χ4n) is 4.85. The summed E-state index contributed by atoms with van der Waals surface area (Å²) in [4.78, 5) is 2.85. The molecule has 1 saturated heterocycles. The lowest BCUT2D eigenvalue weighted by Gasteiger charge is -2.60. The zero-order valence-corrected chi connectivity index (χ0v) is 11.2. The number of benzene rings is 1. The molecule has 96 valence electrons. The van der Waals surface area contributed by atoms with Gasteiger partial charge >= 0.3 is 0 Å². The molecule has 1 nitrogen and oxygen atoms in total. The molecule has 1 heterocycles. The van der Waals surface area contributed by atoms with Gasteiger partial charge in [-0.1, -0.05) is 43.5 Å². The molecular formula is C17H23N. The first-order valence-electron chi connectivity index (χ1n) is 7.77. The summed E-state index contributed by atoms with van der Waals surface area (Å²) in [5.41, 5.74) is 3.80. The SMILES string of the molecule is c1ccc2c(c1)[C@H]1CCCC[C@@]21N1CCCCC1. The van der Waals surface area contributed by atoms with Crippen LogP contribution in [0.3, 0.4) is 0 Å². The molecule has 0 radical (unpaired) electrons. The molecule has 0 amide bonds. The third kappa shape index (κ3) is 1.31. The second kappa shape index (κ2) is 4.09. The van der Waals surface area contributed by atoms with Crippen LogP contribution in [0.5, 0.6) is 0 Å². The lowest BCUT2D eigenvalue weighted by Crippen LogP contribution is -2.59. The number of piperidine rings is 1. The quantitative estimate of drug-likeness (QED) is 0.717. The van der Waals surface area contributed by atoms with Gasteiger partial charge in [0.15, 0.2) is 0 Å². The van der Waals surface area contributed by atoms with Gasteiger partial charge in [0, 0.05) is 5.92 Å². The summed E-state index contributed by atoms with van der Waals surface area (Å²) in [6.45, 7) is 2.68. The largest absolute Gasteiger partial charge is 0.293 e. The van der Waals surface area contributed by atoms with Crippen LogP contribution < -0.4 is 0 Å². The van der Waals surface area contributed by atoms with Crippen LogP contribution in [-0.2, 0) is 5.54 Å². The first-order chi connectivity index (χ1) is 8.93. The van der Waals surface area contributed by atoms with E-state index in [1.165, 1.54) is 58.0 Å². The van der Waals surface area contributed by atoms with Gasteiger partial charge in [0.25, 0.3) is 0 Å². The summed E-state index contributed by atoms with van der Waals surface area (Å²) in [6.07, 6.45) is 9.98. The normalized spacial score (nSPS) is 35.4. The Morgan fingerprint density at radius 1 is 0.944 bits per heavy atom. The number of hydrogen-bond acceptors (Lipinski definition) is 1. The van der Waals surface area contributed by atoms with Crippen molar-refractivity contribution in [3.63, 3.8) is 0 Å². The summed E-state index contributed by atoms with van der Waals surface area (Å²) < 4.78 is 0. The highest BCUT2D eigenvalue weighted by Crippen LogP contribution is 2.61. The molecule has 1 aliphatic heterocycles. The van der Waals surface area contributed by atoms with E-state index in [2.05, 4.69) is 29.2 Å². The van der Waals surface area contributed by atoms with E-state index in [9.17, 15) is 0 Å². The van der Waals surface area contributed by atoms with Crippen LogP contribution >= 0.6 is 0 Å². The fourth-order valence-corrected chi connectivity index (χ4v) is 4.85. The molecule has 4 rings (SSSR count). The fraction of sp³-hybridized carbons (Fsp3) is 0.647. The predicted molar refractivity (Wildman–Crippen MR) is 74.8 cm³/mol. The number of likely N-dealkylation sites (tertiary alicyclic amines) is 1.